The van der Waals surface area contributed by atoms with Crippen molar-refractivity contribution in [2.45, 2.75) is 40.0 Å². The monoisotopic (exact) mass is 212 g/mol. The van der Waals surface area contributed by atoms with Gasteiger partial charge in [-0.3, -0.25) is 4.79 Å². The van der Waals surface area contributed by atoms with Gasteiger partial charge in [-0.2, -0.15) is 0 Å². The van der Waals surface area contributed by atoms with Crippen molar-refractivity contribution in [3.05, 3.63) is 0 Å². The number of rotatable bonds is 3. The lowest BCUT2D eigenvalue weighted by atomic mass is 9.82. The number of carbonyl (C=O) groups is 1. The highest BCUT2D eigenvalue weighted by Gasteiger charge is 2.27. The number of piperidine rings is 1. The fraction of sp³-hybridized carbons (Fsp3) is 0.917. The van der Waals surface area contributed by atoms with Gasteiger partial charge in [0.2, 0.25) is 5.91 Å². The summed E-state index contributed by atoms with van der Waals surface area (Å²) in [7, 11) is 0. The molecule has 1 aliphatic rings. The van der Waals surface area contributed by atoms with Gasteiger partial charge in [0.1, 0.15) is 0 Å². The van der Waals surface area contributed by atoms with E-state index in [-0.39, 0.29) is 5.91 Å². The van der Waals surface area contributed by atoms with E-state index in [0.29, 0.717) is 24.3 Å². The summed E-state index contributed by atoms with van der Waals surface area (Å²) < 4.78 is 0. The largest absolute Gasteiger partial charge is 0.343 e. The average Bonchev–Trinajstić information content (AvgIpc) is 2.17. The van der Waals surface area contributed by atoms with Crippen LogP contribution >= 0.6 is 0 Å². The maximum atomic E-state index is 11.8. The topological polar surface area (TPSA) is 46.3 Å². The second kappa shape index (κ2) is 4.97. The van der Waals surface area contributed by atoms with E-state index >= 15 is 0 Å². The molecule has 3 heteroatoms. The molecule has 0 aromatic rings. The van der Waals surface area contributed by atoms with Crippen LogP contribution in [0.4, 0.5) is 0 Å². The first-order valence-corrected chi connectivity index (χ1v) is 5.92. The molecule has 0 spiro atoms. The van der Waals surface area contributed by atoms with Crippen molar-refractivity contribution in [3.63, 3.8) is 0 Å². The van der Waals surface area contributed by atoms with E-state index in [1.54, 1.807) is 0 Å². The van der Waals surface area contributed by atoms with Gasteiger partial charge in [0.15, 0.2) is 0 Å². The summed E-state index contributed by atoms with van der Waals surface area (Å²) in [6.45, 7) is 9.03. The Labute approximate surface area is 93.0 Å². The van der Waals surface area contributed by atoms with Crippen LogP contribution in [0, 0.1) is 11.3 Å². The lowest BCUT2D eigenvalue weighted by Gasteiger charge is -2.37. The highest BCUT2D eigenvalue weighted by Crippen LogP contribution is 2.30. The number of nitrogens with zero attached hydrogens (tertiary/aromatic N) is 1. The zero-order chi connectivity index (χ0) is 11.5. The summed E-state index contributed by atoms with van der Waals surface area (Å²) in [5, 5.41) is 0. The molecule has 1 amide bonds. The Morgan fingerprint density at radius 2 is 1.93 bits per heavy atom. The first-order chi connectivity index (χ1) is 6.94. The number of hydrogen-bond donors (Lipinski definition) is 1. The molecule has 0 saturated carbocycles. The number of hydrogen-bond acceptors (Lipinski definition) is 2. The van der Waals surface area contributed by atoms with E-state index in [9.17, 15) is 4.79 Å². The Kier molecular flexibility index (Phi) is 4.14. The molecule has 0 aromatic heterocycles. The Morgan fingerprint density at radius 1 is 1.40 bits per heavy atom. The molecule has 1 heterocycles. The SMILES string of the molecule is CC(CN)CC(=O)N1CCC(C)(C)CC1. The van der Waals surface area contributed by atoms with Gasteiger partial charge in [0.25, 0.3) is 0 Å². The predicted octanol–water partition coefficient (Wildman–Crippen LogP) is 1.62. The highest BCUT2D eigenvalue weighted by molar-refractivity contribution is 5.76. The van der Waals surface area contributed by atoms with E-state index in [2.05, 4.69) is 13.8 Å². The molecule has 3 nitrogen and oxygen atoms in total. The van der Waals surface area contributed by atoms with Crippen molar-refractivity contribution < 1.29 is 4.79 Å². The molecular formula is C12H24N2O. The minimum atomic E-state index is 0.281. The first kappa shape index (κ1) is 12.5. The molecule has 15 heavy (non-hydrogen) atoms. The second-order valence-electron chi connectivity index (χ2n) is 5.59. The summed E-state index contributed by atoms with van der Waals surface area (Å²) in [6, 6.07) is 0. The van der Waals surface area contributed by atoms with Crippen LogP contribution in [0.3, 0.4) is 0 Å². The molecule has 0 aliphatic carbocycles. The number of carbonyl (C=O) groups excluding carboxylic acids is 1. The minimum absolute atomic E-state index is 0.281. The number of likely N-dealkylation sites (tertiary alicyclic amines) is 1. The van der Waals surface area contributed by atoms with Crippen LogP contribution in [-0.4, -0.2) is 30.4 Å². The molecule has 1 fully saturated rings. The molecule has 0 radical (unpaired) electrons. The van der Waals surface area contributed by atoms with Gasteiger partial charge in [-0.1, -0.05) is 20.8 Å². The maximum Gasteiger partial charge on any atom is 0.222 e. The van der Waals surface area contributed by atoms with E-state index in [0.717, 1.165) is 25.9 Å². The van der Waals surface area contributed by atoms with Gasteiger partial charge in [0.05, 0.1) is 0 Å². The third-order valence-electron chi connectivity index (χ3n) is 3.40. The van der Waals surface area contributed by atoms with Crippen molar-refractivity contribution >= 4 is 5.91 Å². The highest BCUT2D eigenvalue weighted by atomic mass is 16.2. The molecule has 0 bridgehead atoms. The zero-order valence-corrected chi connectivity index (χ0v) is 10.3. The van der Waals surface area contributed by atoms with Crippen LogP contribution in [0.2, 0.25) is 0 Å². The quantitative estimate of drug-likeness (QED) is 0.772. The van der Waals surface area contributed by atoms with Gasteiger partial charge < -0.3 is 10.6 Å². The third-order valence-corrected chi connectivity index (χ3v) is 3.40. The Balaban J connectivity index is 2.36. The van der Waals surface area contributed by atoms with Crippen LogP contribution in [0.1, 0.15) is 40.0 Å². The molecule has 88 valence electrons. The molecule has 1 unspecified atom stereocenters. The van der Waals surface area contributed by atoms with Crippen molar-refractivity contribution in [3.8, 4) is 0 Å². The molecule has 1 aliphatic heterocycles. The smallest absolute Gasteiger partial charge is 0.222 e. The van der Waals surface area contributed by atoms with Crippen molar-refractivity contribution in [2.24, 2.45) is 17.1 Å². The first-order valence-electron chi connectivity index (χ1n) is 5.92. The van der Waals surface area contributed by atoms with Gasteiger partial charge in [0, 0.05) is 19.5 Å². The average molecular weight is 212 g/mol. The lowest BCUT2D eigenvalue weighted by Crippen LogP contribution is -2.41. The van der Waals surface area contributed by atoms with Gasteiger partial charge >= 0.3 is 0 Å². The van der Waals surface area contributed by atoms with Gasteiger partial charge in [-0.15, -0.1) is 0 Å². The Bertz CT molecular complexity index is 216. The summed E-state index contributed by atoms with van der Waals surface area (Å²) in [4.78, 5) is 13.8. The predicted molar refractivity (Wildman–Crippen MR) is 62.4 cm³/mol. The van der Waals surface area contributed by atoms with E-state index < -0.39 is 0 Å². The minimum Gasteiger partial charge on any atom is -0.343 e. The molecule has 0 aromatic carbocycles. The number of amides is 1. The van der Waals surface area contributed by atoms with Crippen LogP contribution in [0.25, 0.3) is 0 Å². The van der Waals surface area contributed by atoms with E-state index in [4.69, 9.17) is 5.73 Å². The lowest BCUT2D eigenvalue weighted by molar-refractivity contribution is -0.134. The Morgan fingerprint density at radius 3 is 2.40 bits per heavy atom. The van der Waals surface area contributed by atoms with E-state index in [1.807, 2.05) is 11.8 Å². The molecule has 1 atom stereocenters. The Hall–Kier alpha value is -0.570. The standard InChI is InChI=1S/C12H24N2O/c1-10(9-13)8-11(15)14-6-4-12(2,3)5-7-14/h10H,4-9,13H2,1-3H3. The van der Waals surface area contributed by atoms with Gasteiger partial charge in [-0.25, -0.2) is 0 Å². The molecule has 2 N–H and O–H groups in total. The maximum absolute atomic E-state index is 11.8. The van der Waals surface area contributed by atoms with Crippen LogP contribution in [0.5, 0.6) is 0 Å². The summed E-state index contributed by atoms with van der Waals surface area (Å²) in [5.74, 6) is 0.593. The fourth-order valence-electron chi connectivity index (χ4n) is 1.87. The number of nitrogens with two attached hydrogens (primary N) is 1. The molecule has 1 saturated heterocycles. The van der Waals surface area contributed by atoms with Crippen molar-refractivity contribution in [1.82, 2.24) is 4.90 Å². The molecular weight excluding hydrogens is 188 g/mol. The van der Waals surface area contributed by atoms with Gasteiger partial charge in [-0.05, 0) is 30.7 Å². The van der Waals surface area contributed by atoms with Crippen LogP contribution in [-0.2, 0) is 4.79 Å². The van der Waals surface area contributed by atoms with Crippen molar-refractivity contribution in [1.29, 1.82) is 0 Å². The van der Waals surface area contributed by atoms with E-state index in [1.165, 1.54) is 0 Å². The van der Waals surface area contributed by atoms with Crippen LogP contribution < -0.4 is 5.73 Å². The second-order valence-corrected chi connectivity index (χ2v) is 5.59. The molecule has 1 rings (SSSR count). The zero-order valence-electron chi connectivity index (χ0n) is 10.3. The summed E-state index contributed by atoms with van der Waals surface area (Å²) in [5.41, 5.74) is 5.94. The van der Waals surface area contributed by atoms with Crippen molar-refractivity contribution in [2.75, 3.05) is 19.6 Å². The van der Waals surface area contributed by atoms with Crippen LogP contribution in [0.15, 0.2) is 0 Å². The third kappa shape index (κ3) is 3.82. The summed E-state index contributed by atoms with van der Waals surface area (Å²) in [6.07, 6.45) is 2.85. The normalized spacial score (nSPS) is 22.5. The fourth-order valence-corrected chi connectivity index (χ4v) is 1.87. The summed E-state index contributed by atoms with van der Waals surface area (Å²) >= 11 is 0.